The minimum absolute atomic E-state index is 0.160. The molecule has 0 spiro atoms. The molecule has 5 rings (SSSR count). The summed E-state index contributed by atoms with van der Waals surface area (Å²) in [6, 6.07) is 19.2. The number of hydrogen-bond donors (Lipinski definition) is 1. The van der Waals surface area contributed by atoms with Gasteiger partial charge < -0.3 is 15.0 Å². The number of aryl methyl sites for hydroxylation is 1. The number of benzene rings is 3. The molecule has 2 amide bonds. The van der Waals surface area contributed by atoms with Crippen molar-refractivity contribution in [1.82, 2.24) is 4.31 Å². The lowest BCUT2D eigenvalue weighted by molar-refractivity contribution is -0.125. The molecule has 1 fully saturated rings. The van der Waals surface area contributed by atoms with Gasteiger partial charge in [0, 0.05) is 24.3 Å². The van der Waals surface area contributed by atoms with E-state index in [0.29, 0.717) is 42.3 Å². The van der Waals surface area contributed by atoms with Crippen molar-refractivity contribution in [2.75, 3.05) is 23.3 Å². The summed E-state index contributed by atoms with van der Waals surface area (Å²) in [5.41, 5.74) is 3.53. The quantitative estimate of drug-likeness (QED) is 0.494. The number of carbonyl (C=O) groups excluding carboxylic acids is 2. The van der Waals surface area contributed by atoms with E-state index in [1.54, 1.807) is 30.0 Å². The number of carbonyl (C=O) groups is 2. The Balaban J connectivity index is 1.34. The molecule has 0 radical (unpaired) electrons. The molecule has 1 atom stereocenters. The van der Waals surface area contributed by atoms with Crippen molar-refractivity contribution < 1.29 is 22.7 Å². The highest BCUT2D eigenvalue weighted by Crippen LogP contribution is 2.37. The van der Waals surface area contributed by atoms with Crippen molar-refractivity contribution in [3.05, 3.63) is 83.4 Å². The van der Waals surface area contributed by atoms with E-state index < -0.39 is 16.1 Å². The monoisotopic (exact) mass is 533 g/mol. The predicted molar refractivity (Wildman–Crippen MR) is 146 cm³/mol. The van der Waals surface area contributed by atoms with Gasteiger partial charge in [-0.3, -0.25) is 9.59 Å². The highest BCUT2D eigenvalue weighted by Gasteiger charge is 2.32. The number of rotatable bonds is 6. The average molecular weight is 534 g/mol. The third kappa shape index (κ3) is 5.30. The number of nitrogens with one attached hydrogen (secondary N) is 1. The lowest BCUT2D eigenvalue weighted by Crippen LogP contribution is -2.44. The molecule has 1 unspecified atom stereocenters. The van der Waals surface area contributed by atoms with Crippen LogP contribution < -0.4 is 15.0 Å². The van der Waals surface area contributed by atoms with E-state index in [2.05, 4.69) is 5.32 Å². The van der Waals surface area contributed by atoms with Gasteiger partial charge in [0.1, 0.15) is 5.75 Å². The maximum Gasteiger partial charge on any atom is 0.268 e. The molecule has 198 valence electrons. The number of anilines is 2. The van der Waals surface area contributed by atoms with Crippen LogP contribution in [0, 0.1) is 6.92 Å². The normalized spacial score (nSPS) is 18.0. The first-order valence-corrected chi connectivity index (χ1v) is 14.3. The van der Waals surface area contributed by atoms with Gasteiger partial charge in [0.25, 0.3) is 11.8 Å². The van der Waals surface area contributed by atoms with Crippen molar-refractivity contribution in [2.24, 2.45) is 0 Å². The van der Waals surface area contributed by atoms with Crippen LogP contribution in [0.5, 0.6) is 5.75 Å². The summed E-state index contributed by atoms with van der Waals surface area (Å²) < 4.78 is 33.1. The van der Waals surface area contributed by atoms with Crippen LogP contribution in [0.2, 0.25) is 0 Å². The van der Waals surface area contributed by atoms with E-state index in [1.807, 2.05) is 31.2 Å². The van der Waals surface area contributed by atoms with Gasteiger partial charge in [0.15, 0.2) is 6.10 Å². The van der Waals surface area contributed by atoms with Gasteiger partial charge in [-0.05, 0) is 74.7 Å². The van der Waals surface area contributed by atoms with Crippen LogP contribution in [0.15, 0.2) is 71.6 Å². The predicted octanol–water partition coefficient (Wildman–Crippen LogP) is 4.74. The molecule has 9 heteroatoms. The van der Waals surface area contributed by atoms with Gasteiger partial charge in [-0.1, -0.05) is 36.2 Å². The number of amides is 2. The van der Waals surface area contributed by atoms with Crippen molar-refractivity contribution in [3.8, 4) is 5.75 Å². The maximum atomic E-state index is 13.0. The van der Waals surface area contributed by atoms with Gasteiger partial charge >= 0.3 is 0 Å². The van der Waals surface area contributed by atoms with Crippen molar-refractivity contribution in [1.29, 1.82) is 0 Å². The van der Waals surface area contributed by atoms with Gasteiger partial charge in [-0.15, -0.1) is 0 Å². The van der Waals surface area contributed by atoms with Gasteiger partial charge in [-0.2, -0.15) is 4.31 Å². The molecular weight excluding hydrogens is 502 g/mol. The molecule has 1 N–H and O–H groups in total. The first-order chi connectivity index (χ1) is 18.2. The van der Waals surface area contributed by atoms with Crippen molar-refractivity contribution >= 4 is 33.2 Å². The second-order valence-corrected chi connectivity index (χ2v) is 11.7. The smallest absolute Gasteiger partial charge is 0.268 e. The third-order valence-corrected chi connectivity index (χ3v) is 8.87. The van der Waals surface area contributed by atoms with Crippen LogP contribution in [0.3, 0.4) is 0 Å². The van der Waals surface area contributed by atoms with Gasteiger partial charge in [0.2, 0.25) is 10.0 Å². The third-order valence-electron chi connectivity index (χ3n) is 6.96. The molecule has 0 saturated carbocycles. The SMILES string of the molecule is Cc1ccc(CN2C(=O)C(C)Oc3ccc(NC(=O)c4ccc(S(=O)(=O)N5CCCCC5)cc4)cc32)cc1. The molecule has 8 nitrogen and oxygen atoms in total. The fourth-order valence-corrected chi connectivity index (χ4v) is 6.28. The number of fused-ring (bicyclic) bond motifs is 1. The van der Waals surface area contributed by atoms with Crippen LogP contribution >= 0.6 is 0 Å². The number of ether oxygens (including phenoxy) is 1. The van der Waals surface area contributed by atoms with E-state index in [-0.39, 0.29) is 16.7 Å². The topological polar surface area (TPSA) is 96.0 Å². The van der Waals surface area contributed by atoms with Crippen molar-refractivity contribution in [2.45, 2.75) is 50.7 Å². The summed E-state index contributed by atoms with van der Waals surface area (Å²) in [6.45, 7) is 5.16. The highest BCUT2D eigenvalue weighted by molar-refractivity contribution is 7.89. The Morgan fingerprint density at radius 3 is 2.34 bits per heavy atom. The summed E-state index contributed by atoms with van der Waals surface area (Å²) in [5, 5.41) is 2.86. The lowest BCUT2D eigenvalue weighted by Gasteiger charge is -2.33. The Labute approximate surface area is 223 Å². The summed E-state index contributed by atoms with van der Waals surface area (Å²) in [6.07, 6.45) is 2.14. The minimum atomic E-state index is -3.57. The summed E-state index contributed by atoms with van der Waals surface area (Å²) >= 11 is 0. The number of hydrogen-bond acceptors (Lipinski definition) is 5. The second kappa shape index (κ2) is 10.6. The minimum Gasteiger partial charge on any atom is -0.479 e. The van der Waals surface area contributed by atoms with Gasteiger partial charge in [-0.25, -0.2) is 8.42 Å². The van der Waals surface area contributed by atoms with Crippen LogP contribution in [0.4, 0.5) is 11.4 Å². The Morgan fingerprint density at radius 1 is 0.974 bits per heavy atom. The Hall–Kier alpha value is -3.69. The first-order valence-electron chi connectivity index (χ1n) is 12.8. The highest BCUT2D eigenvalue weighted by atomic mass is 32.2. The Bertz CT molecular complexity index is 1450. The fraction of sp³-hybridized carbons (Fsp3) is 0.310. The Morgan fingerprint density at radius 2 is 1.66 bits per heavy atom. The maximum absolute atomic E-state index is 13.0. The van der Waals surface area contributed by atoms with Crippen LogP contribution in [-0.2, 0) is 21.4 Å². The molecule has 0 aromatic heterocycles. The van der Waals surface area contributed by atoms with Gasteiger partial charge in [0.05, 0.1) is 17.1 Å². The molecule has 3 aromatic rings. The number of sulfonamides is 1. The molecule has 0 bridgehead atoms. The van der Waals surface area contributed by atoms with Crippen LogP contribution in [0.1, 0.15) is 47.7 Å². The largest absolute Gasteiger partial charge is 0.479 e. The summed E-state index contributed by atoms with van der Waals surface area (Å²) in [7, 11) is -3.57. The van der Waals surface area contributed by atoms with Crippen LogP contribution in [0.25, 0.3) is 0 Å². The van der Waals surface area contributed by atoms with E-state index >= 15 is 0 Å². The van der Waals surface area contributed by atoms with E-state index in [1.165, 1.54) is 28.6 Å². The zero-order valence-electron chi connectivity index (χ0n) is 21.5. The molecule has 2 aliphatic rings. The average Bonchev–Trinajstić information content (AvgIpc) is 2.93. The Kier molecular flexibility index (Phi) is 7.23. The standard InChI is InChI=1S/C29H31N3O5S/c1-20-6-8-22(9-7-20)19-32-26-18-24(12-15-27(26)37-21(2)29(32)34)30-28(33)23-10-13-25(14-11-23)38(35,36)31-16-4-3-5-17-31/h6-15,18,21H,3-5,16-17,19H2,1-2H3,(H,30,33). The number of piperidine rings is 1. The van der Waals surface area contributed by atoms with E-state index in [0.717, 1.165) is 30.4 Å². The van der Waals surface area contributed by atoms with Crippen molar-refractivity contribution in [3.63, 3.8) is 0 Å². The van der Waals surface area contributed by atoms with E-state index in [4.69, 9.17) is 4.74 Å². The molecular formula is C29H31N3O5S. The lowest BCUT2D eigenvalue weighted by atomic mass is 10.1. The summed E-state index contributed by atoms with van der Waals surface area (Å²) in [5.74, 6) is 0.0231. The molecule has 2 aliphatic heterocycles. The number of nitrogens with zero attached hydrogens (tertiary/aromatic N) is 2. The fourth-order valence-electron chi connectivity index (χ4n) is 4.76. The molecule has 3 aromatic carbocycles. The molecule has 2 heterocycles. The zero-order valence-corrected chi connectivity index (χ0v) is 22.3. The molecule has 38 heavy (non-hydrogen) atoms. The molecule has 0 aliphatic carbocycles. The van der Waals surface area contributed by atoms with Crippen LogP contribution in [-0.4, -0.2) is 43.7 Å². The molecule has 1 saturated heterocycles. The summed E-state index contributed by atoms with van der Waals surface area (Å²) in [4.78, 5) is 27.8. The van der Waals surface area contributed by atoms with E-state index in [9.17, 15) is 18.0 Å². The zero-order chi connectivity index (χ0) is 26.9. The first kappa shape index (κ1) is 25.9. The second-order valence-electron chi connectivity index (χ2n) is 9.80.